The standard InChI is InChI=1S/C9H6BrF2N3O2S/c10-5-3-6(11)9(7(12)4-5)15-18(16,17)8-1-2-13-14-8/h1-4,15H,(H,13,14). The third-order valence-corrected chi connectivity index (χ3v) is 3.75. The van der Waals surface area contributed by atoms with Gasteiger partial charge in [0.1, 0.15) is 5.69 Å². The maximum atomic E-state index is 13.5. The molecule has 0 fully saturated rings. The largest absolute Gasteiger partial charge is 0.279 e. The van der Waals surface area contributed by atoms with Gasteiger partial charge in [-0.05, 0) is 18.2 Å². The van der Waals surface area contributed by atoms with Crippen LogP contribution in [-0.2, 0) is 10.0 Å². The Labute approximate surface area is 109 Å². The van der Waals surface area contributed by atoms with Crippen molar-refractivity contribution in [2.45, 2.75) is 5.03 Å². The summed E-state index contributed by atoms with van der Waals surface area (Å²) in [5.74, 6) is -2.05. The summed E-state index contributed by atoms with van der Waals surface area (Å²) in [6, 6.07) is 3.07. The first-order valence-electron chi connectivity index (χ1n) is 4.57. The average molecular weight is 338 g/mol. The van der Waals surface area contributed by atoms with E-state index < -0.39 is 27.3 Å². The van der Waals surface area contributed by atoms with E-state index in [1.807, 2.05) is 4.72 Å². The van der Waals surface area contributed by atoms with Gasteiger partial charge < -0.3 is 0 Å². The lowest BCUT2D eigenvalue weighted by Crippen LogP contribution is -2.15. The van der Waals surface area contributed by atoms with Gasteiger partial charge in [-0.25, -0.2) is 8.78 Å². The minimum absolute atomic E-state index is 0.169. The minimum atomic E-state index is -4.09. The van der Waals surface area contributed by atoms with Gasteiger partial charge in [-0.2, -0.15) is 13.5 Å². The first-order valence-corrected chi connectivity index (χ1v) is 6.84. The molecule has 0 unspecified atom stereocenters. The molecule has 2 N–H and O–H groups in total. The van der Waals surface area contributed by atoms with Crippen LogP contribution in [0.3, 0.4) is 0 Å². The van der Waals surface area contributed by atoms with Gasteiger partial charge in [0.05, 0.1) is 6.20 Å². The summed E-state index contributed by atoms with van der Waals surface area (Å²) < 4.78 is 52.4. The number of H-pyrrole nitrogens is 1. The Morgan fingerprint density at radius 3 is 2.39 bits per heavy atom. The molecule has 0 saturated heterocycles. The zero-order chi connectivity index (χ0) is 13.3. The predicted octanol–water partition coefficient (Wildman–Crippen LogP) is 2.25. The molecule has 9 heteroatoms. The molecule has 0 bridgehead atoms. The Balaban J connectivity index is 2.42. The van der Waals surface area contributed by atoms with E-state index in [0.717, 1.165) is 18.2 Å². The summed E-state index contributed by atoms with van der Waals surface area (Å²) in [6.07, 6.45) is 1.21. The molecular weight excluding hydrogens is 332 g/mol. The first-order chi connectivity index (χ1) is 8.40. The smallest absolute Gasteiger partial charge is 0.273 e. The number of aromatic amines is 1. The molecule has 2 aromatic rings. The topological polar surface area (TPSA) is 74.8 Å². The van der Waals surface area contributed by atoms with Crippen LogP contribution in [0.4, 0.5) is 14.5 Å². The molecule has 1 aromatic heterocycles. The fraction of sp³-hybridized carbons (Fsp3) is 0. The molecule has 0 aliphatic carbocycles. The number of anilines is 1. The lowest BCUT2D eigenvalue weighted by atomic mass is 10.3. The molecule has 0 aliphatic heterocycles. The van der Waals surface area contributed by atoms with Gasteiger partial charge in [0, 0.05) is 4.47 Å². The quantitative estimate of drug-likeness (QED) is 0.901. The van der Waals surface area contributed by atoms with Gasteiger partial charge >= 0.3 is 0 Å². The minimum Gasteiger partial charge on any atom is -0.273 e. The van der Waals surface area contributed by atoms with Crippen LogP contribution in [0.2, 0.25) is 0 Å². The molecule has 96 valence electrons. The Hall–Kier alpha value is -1.48. The molecule has 0 amide bonds. The molecular formula is C9H6BrF2N3O2S. The van der Waals surface area contributed by atoms with Gasteiger partial charge in [0.15, 0.2) is 16.7 Å². The zero-order valence-electron chi connectivity index (χ0n) is 8.62. The van der Waals surface area contributed by atoms with Crippen LogP contribution in [0.5, 0.6) is 0 Å². The number of hydrogen-bond acceptors (Lipinski definition) is 3. The molecule has 0 aliphatic rings. The van der Waals surface area contributed by atoms with E-state index in [4.69, 9.17) is 0 Å². The highest BCUT2D eigenvalue weighted by molar-refractivity contribution is 9.10. The van der Waals surface area contributed by atoms with E-state index in [1.165, 1.54) is 6.20 Å². The third kappa shape index (κ3) is 2.51. The zero-order valence-corrected chi connectivity index (χ0v) is 11.0. The number of rotatable bonds is 3. The number of nitrogens with zero attached hydrogens (tertiary/aromatic N) is 1. The van der Waals surface area contributed by atoms with Crippen molar-refractivity contribution in [1.29, 1.82) is 0 Å². The lowest BCUT2D eigenvalue weighted by molar-refractivity contribution is 0.580. The van der Waals surface area contributed by atoms with Crippen molar-refractivity contribution in [3.8, 4) is 0 Å². The van der Waals surface area contributed by atoms with Gasteiger partial charge in [-0.1, -0.05) is 15.9 Å². The molecule has 0 spiro atoms. The van der Waals surface area contributed by atoms with Crippen LogP contribution in [0.25, 0.3) is 0 Å². The highest BCUT2D eigenvalue weighted by atomic mass is 79.9. The number of sulfonamides is 1. The van der Waals surface area contributed by atoms with Crippen molar-refractivity contribution in [3.63, 3.8) is 0 Å². The summed E-state index contributed by atoms with van der Waals surface area (Å²) >= 11 is 2.89. The van der Waals surface area contributed by atoms with Crippen LogP contribution in [0, 0.1) is 11.6 Å². The van der Waals surface area contributed by atoms with Crippen LogP contribution >= 0.6 is 15.9 Å². The third-order valence-electron chi connectivity index (χ3n) is 2.01. The fourth-order valence-electron chi connectivity index (χ4n) is 1.22. The summed E-state index contributed by atoms with van der Waals surface area (Å²) in [5.41, 5.74) is -0.743. The summed E-state index contributed by atoms with van der Waals surface area (Å²) in [6.45, 7) is 0. The predicted molar refractivity (Wildman–Crippen MR) is 63.5 cm³/mol. The van der Waals surface area contributed by atoms with Crippen molar-refractivity contribution in [2.24, 2.45) is 0 Å². The fourth-order valence-corrected chi connectivity index (χ4v) is 2.61. The van der Waals surface area contributed by atoms with Crippen LogP contribution < -0.4 is 4.72 Å². The summed E-state index contributed by atoms with van der Waals surface area (Å²) in [5, 5.41) is 5.36. The van der Waals surface area contributed by atoms with E-state index in [2.05, 4.69) is 26.1 Å². The van der Waals surface area contributed by atoms with Crippen LogP contribution in [0.1, 0.15) is 0 Å². The number of halogens is 3. The molecule has 0 saturated carbocycles. The summed E-state index contributed by atoms with van der Waals surface area (Å²) in [4.78, 5) is 0. The normalized spacial score (nSPS) is 11.5. The van der Waals surface area contributed by atoms with E-state index in [9.17, 15) is 17.2 Å². The Kier molecular flexibility index (Phi) is 3.35. The van der Waals surface area contributed by atoms with Crippen molar-refractivity contribution in [3.05, 3.63) is 40.5 Å². The van der Waals surface area contributed by atoms with E-state index in [-0.39, 0.29) is 9.50 Å². The molecule has 0 radical (unpaired) electrons. The molecule has 1 heterocycles. The van der Waals surface area contributed by atoms with Gasteiger partial charge in [-0.3, -0.25) is 9.82 Å². The average Bonchev–Trinajstić information content (AvgIpc) is 2.77. The Morgan fingerprint density at radius 2 is 1.89 bits per heavy atom. The van der Waals surface area contributed by atoms with Crippen molar-refractivity contribution in [1.82, 2.24) is 10.2 Å². The molecule has 1 aromatic carbocycles. The lowest BCUT2D eigenvalue weighted by Gasteiger charge is -2.08. The molecule has 2 rings (SSSR count). The van der Waals surface area contributed by atoms with E-state index in [1.54, 1.807) is 0 Å². The number of benzene rings is 1. The second-order valence-electron chi connectivity index (χ2n) is 3.27. The Morgan fingerprint density at radius 1 is 1.28 bits per heavy atom. The highest BCUT2D eigenvalue weighted by Crippen LogP contribution is 2.25. The maximum absolute atomic E-state index is 13.5. The second kappa shape index (κ2) is 4.65. The first kappa shape index (κ1) is 13.0. The van der Waals surface area contributed by atoms with Crippen LogP contribution in [0.15, 0.2) is 33.9 Å². The molecule has 5 nitrogen and oxygen atoms in total. The molecule has 0 atom stereocenters. The Bertz CT molecular complexity index is 650. The van der Waals surface area contributed by atoms with Gasteiger partial charge in [0.25, 0.3) is 10.0 Å². The summed E-state index contributed by atoms with van der Waals surface area (Å²) in [7, 11) is -4.09. The second-order valence-corrected chi connectivity index (χ2v) is 5.84. The maximum Gasteiger partial charge on any atom is 0.279 e. The highest BCUT2D eigenvalue weighted by Gasteiger charge is 2.20. The van der Waals surface area contributed by atoms with Crippen LogP contribution in [-0.4, -0.2) is 18.6 Å². The SMILES string of the molecule is O=S(=O)(Nc1c(F)cc(Br)cc1F)c1ccn[nH]1. The number of aromatic nitrogens is 2. The van der Waals surface area contributed by atoms with E-state index >= 15 is 0 Å². The monoisotopic (exact) mass is 337 g/mol. The van der Waals surface area contributed by atoms with E-state index in [0.29, 0.717) is 0 Å². The molecule has 18 heavy (non-hydrogen) atoms. The van der Waals surface area contributed by atoms with Gasteiger partial charge in [-0.15, -0.1) is 0 Å². The van der Waals surface area contributed by atoms with Gasteiger partial charge in [0.2, 0.25) is 0 Å². The number of hydrogen-bond donors (Lipinski definition) is 2. The van der Waals surface area contributed by atoms with Crippen molar-refractivity contribution in [2.75, 3.05) is 4.72 Å². The van der Waals surface area contributed by atoms with Crippen molar-refractivity contribution >= 4 is 31.6 Å². The van der Waals surface area contributed by atoms with Crippen molar-refractivity contribution < 1.29 is 17.2 Å². The number of nitrogens with one attached hydrogen (secondary N) is 2.